The van der Waals surface area contributed by atoms with Crippen LogP contribution in [0.1, 0.15) is 31.9 Å². The molecule has 11 heteroatoms. The van der Waals surface area contributed by atoms with Gasteiger partial charge in [0.25, 0.3) is 5.69 Å². The van der Waals surface area contributed by atoms with Crippen molar-refractivity contribution in [3.63, 3.8) is 0 Å². The van der Waals surface area contributed by atoms with Gasteiger partial charge < -0.3 is 25.4 Å². The molecule has 0 fully saturated rings. The summed E-state index contributed by atoms with van der Waals surface area (Å²) >= 11 is 0. The summed E-state index contributed by atoms with van der Waals surface area (Å²) in [6.45, 7) is 4.82. The highest BCUT2D eigenvalue weighted by Gasteiger charge is 2.25. The van der Waals surface area contributed by atoms with Crippen molar-refractivity contribution in [1.82, 2.24) is 15.5 Å². The molecule has 2 aromatic rings. The molecule has 0 heterocycles. The minimum atomic E-state index is -1.09. The number of carbonyl (C=O) groups excluding carboxylic acids is 3. The quantitative estimate of drug-likeness (QED) is 0.223. The summed E-state index contributed by atoms with van der Waals surface area (Å²) in [4.78, 5) is 49.9. The first-order chi connectivity index (χ1) is 17.5. The van der Waals surface area contributed by atoms with Gasteiger partial charge >= 0.3 is 12.0 Å². The lowest BCUT2D eigenvalue weighted by Gasteiger charge is -2.26. The van der Waals surface area contributed by atoms with Crippen molar-refractivity contribution in [1.29, 1.82) is 0 Å². The second-order valence-electron chi connectivity index (χ2n) is 9.38. The molecule has 0 aliphatic rings. The first-order valence-electron chi connectivity index (χ1n) is 11.9. The van der Waals surface area contributed by atoms with E-state index in [2.05, 4.69) is 10.6 Å². The average molecular weight is 515 g/mol. The number of nitrogens with one attached hydrogen (secondary N) is 2. The van der Waals surface area contributed by atoms with Crippen LogP contribution in [0.5, 0.6) is 0 Å². The van der Waals surface area contributed by atoms with E-state index in [-0.39, 0.29) is 25.3 Å². The molecule has 0 saturated heterocycles. The molecule has 0 radical (unpaired) electrons. The predicted molar refractivity (Wildman–Crippen MR) is 137 cm³/mol. The van der Waals surface area contributed by atoms with Gasteiger partial charge in [-0.3, -0.25) is 19.7 Å². The van der Waals surface area contributed by atoms with Gasteiger partial charge in [0.05, 0.1) is 11.5 Å². The number of non-ortho nitro benzene ring substituents is 1. The summed E-state index contributed by atoms with van der Waals surface area (Å²) in [5, 5.41) is 25.6. The van der Waals surface area contributed by atoms with E-state index in [0.717, 1.165) is 5.56 Å². The zero-order valence-corrected chi connectivity index (χ0v) is 21.3. The smallest absolute Gasteiger partial charge is 0.325 e. The monoisotopic (exact) mass is 514 g/mol. The molecule has 2 rings (SSSR count). The number of hydrogen-bond donors (Lipinski definition) is 3. The van der Waals surface area contributed by atoms with Crippen molar-refractivity contribution in [3.8, 4) is 0 Å². The second-order valence-corrected chi connectivity index (χ2v) is 9.38. The molecule has 1 atom stereocenters. The first kappa shape index (κ1) is 29.2. The summed E-state index contributed by atoms with van der Waals surface area (Å²) in [5.74, 6) is -1.25. The maximum absolute atomic E-state index is 13.1. The number of benzene rings is 2. The molecule has 37 heavy (non-hydrogen) atoms. The van der Waals surface area contributed by atoms with Crippen LogP contribution in [0.4, 0.5) is 10.5 Å². The summed E-state index contributed by atoms with van der Waals surface area (Å²) in [7, 11) is 0. The van der Waals surface area contributed by atoms with Crippen molar-refractivity contribution in [2.45, 2.75) is 45.3 Å². The fourth-order valence-corrected chi connectivity index (χ4v) is 3.44. The minimum absolute atomic E-state index is 0.0233. The molecule has 0 spiro atoms. The van der Waals surface area contributed by atoms with E-state index in [1.807, 2.05) is 30.3 Å². The average Bonchev–Trinajstić information content (AvgIpc) is 2.84. The number of ether oxygens (including phenoxy) is 1. The number of carbonyl (C=O) groups is 3. The van der Waals surface area contributed by atoms with E-state index in [9.17, 15) is 29.6 Å². The summed E-state index contributed by atoms with van der Waals surface area (Å²) in [5.41, 5.74) is 0.753. The highest BCUT2D eigenvalue weighted by Crippen LogP contribution is 2.14. The van der Waals surface area contributed by atoms with Crippen LogP contribution in [-0.4, -0.2) is 70.7 Å². The number of esters is 1. The Morgan fingerprint density at radius 2 is 1.68 bits per heavy atom. The normalized spacial score (nSPS) is 11.8. The largest absolute Gasteiger partial charge is 0.459 e. The third-order valence-corrected chi connectivity index (χ3v) is 5.20. The van der Waals surface area contributed by atoms with Crippen molar-refractivity contribution in [2.24, 2.45) is 0 Å². The molecule has 2 aromatic carbocycles. The fraction of sp³-hybridized carbons (Fsp3) is 0.423. The van der Waals surface area contributed by atoms with Gasteiger partial charge in [0.15, 0.2) is 0 Å². The molecule has 0 aliphatic heterocycles. The fourth-order valence-electron chi connectivity index (χ4n) is 3.44. The number of amides is 3. The van der Waals surface area contributed by atoms with Crippen molar-refractivity contribution >= 4 is 23.6 Å². The highest BCUT2D eigenvalue weighted by molar-refractivity contribution is 5.89. The lowest BCUT2D eigenvalue weighted by molar-refractivity contribution is -0.384. The van der Waals surface area contributed by atoms with Gasteiger partial charge in [-0.2, -0.15) is 0 Å². The molecular weight excluding hydrogens is 480 g/mol. The van der Waals surface area contributed by atoms with Crippen LogP contribution in [0.3, 0.4) is 0 Å². The molecule has 3 N–H and O–H groups in total. The number of aliphatic hydroxyl groups excluding tert-OH is 1. The lowest BCUT2D eigenvalue weighted by Crippen LogP contribution is -2.53. The molecule has 200 valence electrons. The van der Waals surface area contributed by atoms with Crippen LogP contribution in [0, 0.1) is 10.1 Å². The number of aliphatic hydroxyl groups is 1. The standard InChI is InChI=1S/C26H34N4O7/c1-26(2,3)37-23(32)18-27-24(33)22(17-20-9-11-21(12-10-20)30(35)36)28-25(34)29(15-16-31)14-13-19-7-5-4-6-8-19/h4-12,22,31H,13-18H2,1-3H3,(H,27,33)(H,28,34)/t22-/m0/s1. The van der Waals surface area contributed by atoms with Crippen molar-refractivity contribution in [2.75, 3.05) is 26.2 Å². The van der Waals surface area contributed by atoms with Gasteiger partial charge in [-0.05, 0) is 38.3 Å². The van der Waals surface area contributed by atoms with Crippen molar-refractivity contribution in [3.05, 3.63) is 75.8 Å². The zero-order chi connectivity index (χ0) is 27.4. The van der Waals surface area contributed by atoms with E-state index in [1.54, 1.807) is 20.8 Å². The van der Waals surface area contributed by atoms with Crippen molar-refractivity contribution < 1.29 is 29.2 Å². The Labute approximate surface area is 216 Å². The SMILES string of the molecule is CC(C)(C)OC(=O)CNC(=O)[C@H](Cc1ccc([N+](=O)[O-])cc1)NC(=O)N(CCO)CCc1ccccc1. The molecule has 0 saturated carbocycles. The van der Waals surface area contributed by atoms with E-state index >= 15 is 0 Å². The molecule has 11 nitrogen and oxygen atoms in total. The molecule has 0 bridgehead atoms. The number of hydrogen-bond acceptors (Lipinski definition) is 7. The number of urea groups is 1. The van der Waals surface area contributed by atoms with Crippen LogP contribution < -0.4 is 10.6 Å². The summed E-state index contributed by atoms with van der Waals surface area (Å²) < 4.78 is 5.21. The van der Waals surface area contributed by atoms with Crippen LogP contribution in [-0.2, 0) is 27.2 Å². The maximum Gasteiger partial charge on any atom is 0.325 e. The Morgan fingerprint density at radius 1 is 1.03 bits per heavy atom. The number of rotatable bonds is 12. The Balaban J connectivity index is 2.13. The summed E-state index contributed by atoms with van der Waals surface area (Å²) in [6.07, 6.45) is 0.571. The van der Waals surface area contributed by atoms with Gasteiger partial charge in [-0.15, -0.1) is 0 Å². The maximum atomic E-state index is 13.1. The Hall–Kier alpha value is -3.99. The van der Waals surface area contributed by atoms with E-state index in [4.69, 9.17) is 4.74 Å². The number of nitrogens with zero attached hydrogens (tertiary/aromatic N) is 2. The first-order valence-corrected chi connectivity index (χ1v) is 11.9. The predicted octanol–water partition coefficient (Wildman–Crippen LogP) is 2.21. The third-order valence-electron chi connectivity index (χ3n) is 5.20. The van der Waals surface area contributed by atoms with Crippen LogP contribution in [0.15, 0.2) is 54.6 Å². The van der Waals surface area contributed by atoms with Gasteiger partial charge in [-0.25, -0.2) is 4.79 Å². The second kappa shape index (κ2) is 13.9. The number of nitro groups is 1. The molecular formula is C26H34N4O7. The Morgan fingerprint density at radius 3 is 2.24 bits per heavy atom. The van der Waals surface area contributed by atoms with E-state index in [1.165, 1.54) is 29.2 Å². The third kappa shape index (κ3) is 10.7. The summed E-state index contributed by atoms with van der Waals surface area (Å²) in [6, 6.07) is 13.5. The number of nitro benzene ring substituents is 1. The van der Waals surface area contributed by atoms with Crippen LogP contribution >= 0.6 is 0 Å². The highest BCUT2D eigenvalue weighted by atomic mass is 16.6. The van der Waals surface area contributed by atoms with Crippen LogP contribution in [0.2, 0.25) is 0 Å². The van der Waals surface area contributed by atoms with Gasteiger partial charge in [0, 0.05) is 31.6 Å². The topological polar surface area (TPSA) is 151 Å². The molecule has 0 aliphatic carbocycles. The molecule has 0 aromatic heterocycles. The van der Waals surface area contributed by atoms with E-state index < -0.39 is 41.0 Å². The molecule has 0 unspecified atom stereocenters. The van der Waals surface area contributed by atoms with Crippen LogP contribution in [0.25, 0.3) is 0 Å². The van der Waals surface area contributed by atoms with Gasteiger partial charge in [0.1, 0.15) is 18.2 Å². The van der Waals surface area contributed by atoms with E-state index in [0.29, 0.717) is 18.5 Å². The Bertz CT molecular complexity index is 1050. The lowest BCUT2D eigenvalue weighted by atomic mass is 10.0. The molecule has 3 amide bonds. The Kier molecular flexibility index (Phi) is 11.0. The zero-order valence-electron chi connectivity index (χ0n) is 21.3. The minimum Gasteiger partial charge on any atom is -0.459 e. The van der Waals surface area contributed by atoms with Gasteiger partial charge in [0.2, 0.25) is 5.91 Å². The van der Waals surface area contributed by atoms with Gasteiger partial charge in [-0.1, -0.05) is 42.5 Å².